The van der Waals surface area contributed by atoms with Gasteiger partial charge >= 0.3 is 0 Å². The van der Waals surface area contributed by atoms with Crippen LogP contribution in [0.4, 0.5) is 21.5 Å². The van der Waals surface area contributed by atoms with Gasteiger partial charge in [-0.25, -0.2) is 4.39 Å². The number of anilines is 2. The van der Waals surface area contributed by atoms with Crippen molar-refractivity contribution in [3.8, 4) is 0 Å². The Morgan fingerprint density at radius 1 is 1.19 bits per heavy atom. The number of nitro groups is 1. The third-order valence-electron chi connectivity index (χ3n) is 3.14. The van der Waals surface area contributed by atoms with E-state index < -0.39 is 4.92 Å². The van der Waals surface area contributed by atoms with E-state index in [-0.39, 0.29) is 11.5 Å². The lowest BCUT2D eigenvalue weighted by Crippen LogP contribution is -2.03. The Hall–Kier alpha value is -2.63. The molecule has 0 saturated heterocycles. The summed E-state index contributed by atoms with van der Waals surface area (Å²) < 4.78 is 13.6. The van der Waals surface area contributed by atoms with Gasteiger partial charge in [0.1, 0.15) is 5.82 Å². The van der Waals surface area contributed by atoms with E-state index in [0.717, 1.165) is 5.56 Å². The van der Waals surface area contributed by atoms with Gasteiger partial charge in [-0.3, -0.25) is 10.1 Å². The summed E-state index contributed by atoms with van der Waals surface area (Å²) in [4.78, 5) is 10.3. The van der Waals surface area contributed by atoms with E-state index in [0.29, 0.717) is 29.0 Å². The second-order valence-corrected chi connectivity index (χ2v) is 4.97. The highest BCUT2D eigenvalue weighted by Gasteiger charge is 2.09. The molecule has 2 aromatic rings. The molecular formula is C15H16FN3O2. The second-order valence-electron chi connectivity index (χ2n) is 4.97. The molecule has 0 aromatic heterocycles. The van der Waals surface area contributed by atoms with Crippen LogP contribution in [0.2, 0.25) is 0 Å². The van der Waals surface area contributed by atoms with Gasteiger partial charge in [0, 0.05) is 30.1 Å². The highest BCUT2D eigenvalue weighted by Crippen LogP contribution is 2.23. The summed E-state index contributed by atoms with van der Waals surface area (Å²) in [7, 11) is 0. The van der Waals surface area contributed by atoms with Crippen LogP contribution in [0.3, 0.4) is 0 Å². The molecular weight excluding hydrogens is 273 g/mol. The van der Waals surface area contributed by atoms with Crippen LogP contribution in [-0.2, 0) is 6.54 Å². The summed E-state index contributed by atoms with van der Waals surface area (Å²) in [6, 6.07) is 7.83. The van der Waals surface area contributed by atoms with E-state index in [2.05, 4.69) is 5.32 Å². The highest BCUT2D eigenvalue weighted by molar-refractivity contribution is 5.61. The SMILES string of the molecule is Cc1cc(CNc2cc(N)cc([N+](=O)[O-])c2)cc(C)c1F. The average Bonchev–Trinajstić information content (AvgIpc) is 2.41. The molecule has 5 nitrogen and oxygen atoms in total. The molecule has 0 radical (unpaired) electrons. The van der Waals surface area contributed by atoms with Crippen molar-refractivity contribution in [2.45, 2.75) is 20.4 Å². The van der Waals surface area contributed by atoms with Crippen LogP contribution in [0.25, 0.3) is 0 Å². The molecule has 2 rings (SSSR count). The van der Waals surface area contributed by atoms with Crippen molar-refractivity contribution in [3.05, 3.63) is 63.0 Å². The molecule has 0 bridgehead atoms. The zero-order valence-corrected chi connectivity index (χ0v) is 11.8. The Bertz CT molecular complexity index is 678. The van der Waals surface area contributed by atoms with Gasteiger partial charge in [0.15, 0.2) is 0 Å². The minimum Gasteiger partial charge on any atom is -0.398 e. The Balaban J connectivity index is 2.18. The van der Waals surface area contributed by atoms with E-state index in [1.165, 1.54) is 12.1 Å². The van der Waals surface area contributed by atoms with Crippen molar-refractivity contribution in [2.75, 3.05) is 11.1 Å². The van der Waals surface area contributed by atoms with Crippen LogP contribution in [0.5, 0.6) is 0 Å². The smallest absolute Gasteiger partial charge is 0.273 e. The summed E-state index contributed by atoms with van der Waals surface area (Å²) in [6.45, 7) is 3.84. The van der Waals surface area contributed by atoms with Crippen LogP contribution in [0, 0.1) is 29.8 Å². The molecule has 0 heterocycles. The molecule has 110 valence electrons. The maximum absolute atomic E-state index is 13.6. The number of nitrogens with one attached hydrogen (secondary N) is 1. The molecule has 0 unspecified atom stereocenters. The first-order valence-corrected chi connectivity index (χ1v) is 6.41. The van der Waals surface area contributed by atoms with Crippen molar-refractivity contribution < 1.29 is 9.31 Å². The molecule has 0 aliphatic rings. The van der Waals surface area contributed by atoms with Crippen LogP contribution < -0.4 is 11.1 Å². The molecule has 0 fully saturated rings. The Morgan fingerprint density at radius 3 is 2.38 bits per heavy atom. The van der Waals surface area contributed by atoms with Crippen LogP contribution >= 0.6 is 0 Å². The molecule has 2 aromatic carbocycles. The van der Waals surface area contributed by atoms with Gasteiger partial charge in [0.05, 0.1) is 4.92 Å². The fourth-order valence-corrected chi connectivity index (χ4v) is 2.18. The number of benzene rings is 2. The predicted molar refractivity (Wildman–Crippen MR) is 80.7 cm³/mol. The summed E-state index contributed by atoms with van der Waals surface area (Å²) >= 11 is 0. The highest BCUT2D eigenvalue weighted by atomic mass is 19.1. The Kier molecular flexibility index (Phi) is 4.07. The molecule has 0 spiro atoms. The molecule has 6 heteroatoms. The number of aryl methyl sites for hydroxylation is 2. The number of halogens is 1. The number of non-ortho nitro benzene ring substituents is 1. The number of nitrogen functional groups attached to an aromatic ring is 1. The summed E-state index contributed by atoms with van der Waals surface area (Å²) in [5, 5.41) is 13.9. The minimum absolute atomic E-state index is 0.0658. The summed E-state index contributed by atoms with van der Waals surface area (Å²) in [6.07, 6.45) is 0. The third-order valence-corrected chi connectivity index (χ3v) is 3.14. The van der Waals surface area contributed by atoms with Gasteiger partial charge in [-0.1, -0.05) is 12.1 Å². The van der Waals surface area contributed by atoms with E-state index in [1.807, 2.05) is 0 Å². The van der Waals surface area contributed by atoms with Gasteiger partial charge in [-0.05, 0) is 36.6 Å². The van der Waals surface area contributed by atoms with Gasteiger partial charge in [-0.2, -0.15) is 0 Å². The fourth-order valence-electron chi connectivity index (χ4n) is 2.18. The Labute approximate surface area is 121 Å². The fraction of sp³-hybridized carbons (Fsp3) is 0.200. The van der Waals surface area contributed by atoms with E-state index in [9.17, 15) is 14.5 Å². The monoisotopic (exact) mass is 289 g/mol. The quantitative estimate of drug-likeness (QED) is 0.512. The average molecular weight is 289 g/mol. The lowest BCUT2D eigenvalue weighted by atomic mass is 10.1. The zero-order chi connectivity index (χ0) is 15.6. The first-order chi connectivity index (χ1) is 9.86. The molecule has 21 heavy (non-hydrogen) atoms. The summed E-state index contributed by atoms with van der Waals surface area (Å²) in [5.41, 5.74) is 8.50. The zero-order valence-electron chi connectivity index (χ0n) is 11.8. The number of hydrogen-bond acceptors (Lipinski definition) is 4. The maximum atomic E-state index is 13.6. The minimum atomic E-state index is -0.492. The van der Waals surface area contributed by atoms with E-state index in [4.69, 9.17) is 5.73 Å². The topological polar surface area (TPSA) is 81.2 Å². The lowest BCUT2D eigenvalue weighted by molar-refractivity contribution is -0.384. The molecule has 0 aliphatic heterocycles. The van der Waals surface area contributed by atoms with Gasteiger partial charge in [0.25, 0.3) is 5.69 Å². The normalized spacial score (nSPS) is 10.4. The van der Waals surface area contributed by atoms with Crippen LogP contribution in [-0.4, -0.2) is 4.92 Å². The molecule has 0 saturated carbocycles. The summed E-state index contributed by atoms with van der Waals surface area (Å²) in [5.74, 6) is -0.210. The number of nitrogens with zero attached hydrogens (tertiary/aromatic N) is 1. The van der Waals surface area contributed by atoms with Crippen molar-refractivity contribution in [3.63, 3.8) is 0 Å². The van der Waals surface area contributed by atoms with E-state index in [1.54, 1.807) is 32.0 Å². The van der Waals surface area contributed by atoms with Crippen molar-refractivity contribution in [1.29, 1.82) is 0 Å². The van der Waals surface area contributed by atoms with Crippen LogP contribution in [0.1, 0.15) is 16.7 Å². The van der Waals surface area contributed by atoms with Gasteiger partial charge < -0.3 is 11.1 Å². The number of nitro benzene ring substituents is 1. The van der Waals surface area contributed by atoms with Gasteiger partial charge in [0.2, 0.25) is 0 Å². The number of hydrogen-bond donors (Lipinski definition) is 2. The van der Waals surface area contributed by atoms with Crippen molar-refractivity contribution in [1.82, 2.24) is 0 Å². The van der Waals surface area contributed by atoms with E-state index >= 15 is 0 Å². The van der Waals surface area contributed by atoms with Crippen molar-refractivity contribution in [2.24, 2.45) is 0 Å². The largest absolute Gasteiger partial charge is 0.398 e. The maximum Gasteiger partial charge on any atom is 0.273 e. The number of rotatable bonds is 4. The van der Waals surface area contributed by atoms with Crippen LogP contribution in [0.15, 0.2) is 30.3 Å². The molecule has 0 aliphatic carbocycles. The number of nitrogens with two attached hydrogens (primary N) is 1. The van der Waals surface area contributed by atoms with Crippen molar-refractivity contribution >= 4 is 17.1 Å². The Morgan fingerprint density at radius 2 is 1.81 bits per heavy atom. The standard InChI is InChI=1S/C15H16FN3O2/c1-9-3-11(4-10(2)15(9)16)8-18-13-5-12(17)6-14(7-13)19(20)21/h3-7,18H,8,17H2,1-2H3. The second kappa shape index (κ2) is 5.78. The first-order valence-electron chi connectivity index (χ1n) is 6.41. The molecule has 0 amide bonds. The molecule has 3 N–H and O–H groups in total. The lowest BCUT2D eigenvalue weighted by Gasteiger charge is -2.10. The molecule has 0 atom stereocenters. The predicted octanol–water partition coefficient (Wildman–Crippen LogP) is 3.55. The third kappa shape index (κ3) is 3.47. The first kappa shape index (κ1) is 14.8. The van der Waals surface area contributed by atoms with Gasteiger partial charge in [-0.15, -0.1) is 0 Å².